The maximum atomic E-state index is 9.31. The number of hydrogen-bond donors (Lipinski definition) is 0. The van der Waals surface area contributed by atoms with Gasteiger partial charge in [-0.25, -0.2) is 0 Å². The van der Waals surface area contributed by atoms with E-state index in [1.807, 2.05) is 0 Å². The van der Waals surface area contributed by atoms with Gasteiger partial charge in [0.15, 0.2) is 0 Å². The van der Waals surface area contributed by atoms with Gasteiger partial charge in [-0.15, -0.1) is 0 Å². The molecule has 18 heavy (non-hydrogen) atoms. The Balaban J connectivity index is 1.89. The fourth-order valence-electron chi connectivity index (χ4n) is 3.71. The molecule has 1 aliphatic heterocycles. The smallest absolute Gasteiger partial charge is 0.0672 e. The van der Waals surface area contributed by atoms with Crippen molar-refractivity contribution in [3.8, 4) is 6.07 Å². The predicted octanol–water partition coefficient (Wildman–Crippen LogP) is 2.20. The summed E-state index contributed by atoms with van der Waals surface area (Å²) in [6.45, 7) is 5.96. The molecule has 1 heterocycles. The van der Waals surface area contributed by atoms with Crippen molar-refractivity contribution >= 4 is 0 Å². The zero-order chi connectivity index (χ0) is 13.1. The van der Waals surface area contributed by atoms with E-state index in [4.69, 9.17) is 0 Å². The molecule has 2 rings (SSSR count). The van der Waals surface area contributed by atoms with E-state index in [0.29, 0.717) is 6.04 Å². The number of rotatable bonds is 3. The Bertz CT molecular complexity index is 309. The van der Waals surface area contributed by atoms with Crippen molar-refractivity contribution in [3.63, 3.8) is 0 Å². The minimum absolute atomic E-state index is 0.255. The Morgan fingerprint density at radius 3 is 2.72 bits per heavy atom. The van der Waals surface area contributed by atoms with Gasteiger partial charge >= 0.3 is 0 Å². The molecular formula is C15H27N3. The van der Waals surface area contributed by atoms with Crippen LogP contribution in [0.4, 0.5) is 0 Å². The van der Waals surface area contributed by atoms with E-state index in [2.05, 4.69) is 36.9 Å². The lowest BCUT2D eigenvalue weighted by Gasteiger charge is -2.38. The lowest BCUT2D eigenvalue weighted by atomic mass is 9.79. The van der Waals surface area contributed by atoms with Gasteiger partial charge in [0.1, 0.15) is 0 Å². The molecule has 3 nitrogen and oxygen atoms in total. The lowest BCUT2D eigenvalue weighted by Crippen LogP contribution is -2.43. The molecule has 0 radical (unpaired) electrons. The first-order chi connectivity index (χ1) is 8.60. The number of likely N-dealkylation sites (tertiary alicyclic amines) is 1. The van der Waals surface area contributed by atoms with Crippen LogP contribution in [0.25, 0.3) is 0 Å². The summed E-state index contributed by atoms with van der Waals surface area (Å²) in [6, 6.07) is 3.03. The molecule has 0 aromatic heterocycles. The Kier molecular flexibility index (Phi) is 4.64. The van der Waals surface area contributed by atoms with Crippen LogP contribution in [0.1, 0.15) is 32.6 Å². The van der Waals surface area contributed by atoms with Gasteiger partial charge in [0.25, 0.3) is 0 Å². The van der Waals surface area contributed by atoms with E-state index >= 15 is 0 Å². The molecule has 2 fully saturated rings. The first-order valence-corrected chi connectivity index (χ1v) is 7.38. The highest BCUT2D eigenvalue weighted by Crippen LogP contribution is 2.32. The quantitative estimate of drug-likeness (QED) is 0.768. The van der Waals surface area contributed by atoms with Crippen molar-refractivity contribution in [1.82, 2.24) is 9.80 Å². The third kappa shape index (κ3) is 3.24. The maximum Gasteiger partial charge on any atom is 0.0672 e. The Hall–Kier alpha value is -0.590. The highest BCUT2D eigenvalue weighted by atomic mass is 15.2. The molecule has 0 amide bonds. The van der Waals surface area contributed by atoms with Crippen LogP contribution >= 0.6 is 0 Å². The molecule has 2 aliphatic rings. The molecule has 102 valence electrons. The van der Waals surface area contributed by atoms with Crippen molar-refractivity contribution in [2.45, 2.75) is 38.6 Å². The zero-order valence-electron chi connectivity index (χ0n) is 12.1. The van der Waals surface area contributed by atoms with Crippen molar-refractivity contribution < 1.29 is 0 Å². The molecule has 0 aromatic carbocycles. The molecule has 0 aromatic rings. The lowest BCUT2D eigenvalue weighted by molar-refractivity contribution is 0.115. The second-order valence-electron chi connectivity index (χ2n) is 6.58. The minimum Gasteiger partial charge on any atom is -0.306 e. The number of nitriles is 1. The van der Waals surface area contributed by atoms with Crippen LogP contribution in [-0.4, -0.2) is 49.6 Å². The summed E-state index contributed by atoms with van der Waals surface area (Å²) in [4.78, 5) is 4.90. The summed E-state index contributed by atoms with van der Waals surface area (Å²) in [6.07, 6.45) is 4.85. The largest absolute Gasteiger partial charge is 0.306 e. The monoisotopic (exact) mass is 249 g/mol. The second kappa shape index (κ2) is 6.04. The topological polar surface area (TPSA) is 30.3 Å². The molecule has 1 saturated carbocycles. The average Bonchev–Trinajstić information content (AvgIpc) is 2.74. The zero-order valence-corrected chi connectivity index (χ0v) is 12.1. The molecule has 4 unspecified atom stereocenters. The first kappa shape index (κ1) is 13.8. The molecule has 4 atom stereocenters. The second-order valence-corrected chi connectivity index (χ2v) is 6.58. The van der Waals surface area contributed by atoms with Crippen LogP contribution < -0.4 is 0 Å². The van der Waals surface area contributed by atoms with Crippen LogP contribution in [0.5, 0.6) is 0 Å². The van der Waals surface area contributed by atoms with Gasteiger partial charge in [-0.05, 0) is 58.2 Å². The first-order valence-electron chi connectivity index (χ1n) is 7.38. The van der Waals surface area contributed by atoms with Gasteiger partial charge in [0.2, 0.25) is 0 Å². The SMILES string of the molecule is CC1CCC(C#N)C(N(C)CC2CCN(C)C2)C1. The summed E-state index contributed by atoms with van der Waals surface area (Å²) in [5, 5.41) is 9.31. The van der Waals surface area contributed by atoms with Crippen LogP contribution in [0.15, 0.2) is 0 Å². The standard InChI is InChI=1S/C15H27N3/c1-12-4-5-14(9-16)15(8-12)18(3)11-13-6-7-17(2)10-13/h12-15H,4-8,10-11H2,1-3H3. The van der Waals surface area contributed by atoms with Gasteiger partial charge < -0.3 is 9.80 Å². The Labute approximate surface area is 112 Å². The van der Waals surface area contributed by atoms with Gasteiger partial charge in [0, 0.05) is 19.1 Å². The third-order valence-corrected chi connectivity index (χ3v) is 4.85. The van der Waals surface area contributed by atoms with Gasteiger partial charge in [0.05, 0.1) is 12.0 Å². The van der Waals surface area contributed by atoms with E-state index in [9.17, 15) is 5.26 Å². The molecule has 1 saturated heterocycles. The average molecular weight is 249 g/mol. The van der Waals surface area contributed by atoms with Crippen molar-refractivity contribution in [1.29, 1.82) is 5.26 Å². The molecule has 0 bridgehead atoms. The van der Waals surface area contributed by atoms with Crippen molar-refractivity contribution in [3.05, 3.63) is 0 Å². The molecular weight excluding hydrogens is 222 g/mol. The summed E-state index contributed by atoms with van der Waals surface area (Å²) < 4.78 is 0. The molecule has 0 N–H and O–H groups in total. The van der Waals surface area contributed by atoms with E-state index in [0.717, 1.165) is 18.3 Å². The van der Waals surface area contributed by atoms with E-state index in [-0.39, 0.29) is 5.92 Å². The summed E-state index contributed by atoms with van der Waals surface area (Å²) in [7, 11) is 4.44. The molecule has 1 aliphatic carbocycles. The Morgan fingerprint density at radius 2 is 2.11 bits per heavy atom. The number of nitrogens with zero attached hydrogens (tertiary/aromatic N) is 3. The van der Waals surface area contributed by atoms with Crippen molar-refractivity contribution in [2.75, 3.05) is 33.7 Å². The summed E-state index contributed by atoms with van der Waals surface area (Å²) in [5.41, 5.74) is 0. The Morgan fingerprint density at radius 1 is 1.33 bits per heavy atom. The van der Waals surface area contributed by atoms with Gasteiger partial charge in [-0.3, -0.25) is 0 Å². The summed E-state index contributed by atoms with van der Waals surface area (Å²) in [5.74, 6) is 1.84. The van der Waals surface area contributed by atoms with Crippen LogP contribution in [-0.2, 0) is 0 Å². The van der Waals surface area contributed by atoms with E-state index < -0.39 is 0 Å². The van der Waals surface area contributed by atoms with E-state index in [1.165, 1.54) is 38.9 Å². The van der Waals surface area contributed by atoms with Crippen LogP contribution in [0, 0.1) is 29.1 Å². The number of hydrogen-bond acceptors (Lipinski definition) is 3. The molecule has 0 spiro atoms. The maximum absolute atomic E-state index is 9.31. The van der Waals surface area contributed by atoms with Gasteiger partial charge in [-0.1, -0.05) is 6.92 Å². The highest BCUT2D eigenvalue weighted by Gasteiger charge is 2.33. The highest BCUT2D eigenvalue weighted by molar-refractivity contribution is 4.97. The summed E-state index contributed by atoms with van der Waals surface area (Å²) >= 11 is 0. The van der Waals surface area contributed by atoms with E-state index in [1.54, 1.807) is 0 Å². The van der Waals surface area contributed by atoms with Crippen LogP contribution in [0.2, 0.25) is 0 Å². The van der Waals surface area contributed by atoms with Gasteiger partial charge in [-0.2, -0.15) is 5.26 Å². The fourth-order valence-corrected chi connectivity index (χ4v) is 3.71. The predicted molar refractivity (Wildman–Crippen MR) is 74.1 cm³/mol. The normalized spacial score (nSPS) is 37.9. The molecule has 3 heteroatoms. The van der Waals surface area contributed by atoms with Crippen molar-refractivity contribution in [2.24, 2.45) is 17.8 Å². The fraction of sp³-hybridized carbons (Fsp3) is 0.933. The van der Waals surface area contributed by atoms with Crippen LogP contribution in [0.3, 0.4) is 0 Å². The minimum atomic E-state index is 0.255. The third-order valence-electron chi connectivity index (χ3n) is 4.85.